The molecule has 1 fully saturated rings. The molecule has 4 nitrogen and oxygen atoms in total. The fourth-order valence-electron chi connectivity index (χ4n) is 2.49. The number of amides is 1. The molecule has 1 amide bonds. The van der Waals surface area contributed by atoms with Crippen LogP contribution < -0.4 is 11.5 Å². The molecular weight excluding hydrogens is 226 g/mol. The number of primary amides is 1. The van der Waals surface area contributed by atoms with Crippen molar-refractivity contribution in [3.8, 4) is 0 Å². The molecule has 4 N–H and O–H groups in total. The van der Waals surface area contributed by atoms with E-state index < -0.39 is 11.4 Å². The molecule has 106 valence electrons. The average Bonchev–Trinajstić information content (AvgIpc) is 2.26. The SMILES string of the molecule is CC(N)(CCCCN1CCCCCCC1)C(N)=O. The van der Waals surface area contributed by atoms with Gasteiger partial charge in [-0.05, 0) is 58.7 Å². The highest BCUT2D eigenvalue weighted by Crippen LogP contribution is 2.13. The lowest BCUT2D eigenvalue weighted by Gasteiger charge is -2.25. The molecular formula is C14H29N3O. The third-order valence-corrected chi connectivity index (χ3v) is 3.93. The third-order valence-electron chi connectivity index (χ3n) is 3.93. The van der Waals surface area contributed by atoms with Gasteiger partial charge in [-0.1, -0.05) is 19.3 Å². The fraction of sp³-hybridized carbons (Fsp3) is 0.929. The van der Waals surface area contributed by atoms with Crippen molar-refractivity contribution in [2.75, 3.05) is 19.6 Å². The smallest absolute Gasteiger partial charge is 0.237 e. The van der Waals surface area contributed by atoms with E-state index >= 15 is 0 Å². The molecule has 0 aromatic heterocycles. The molecule has 0 aromatic rings. The Hall–Kier alpha value is -0.610. The van der Waals surface area contributed by atoms with Crippen LogP contribution in [0.1, 0.15) is 58.3 Å². The van der Waals surface area contributed by atoms with Crippen molar-refractivity contribution in [3.05, 3.63) is 0 Å². The first-order chi connectivity index (χ1) is 8.52. The summed E-state index contributed by atoms with van der Waals surface area (Å²) in [5.74, 6) is -0.395. The van der Waals surface area contributed by atoms with Crippen LogP contribution in [0.3, 0.4) is 0 Å². The number of hydrogen-bond acceptors (Lipinski definition) is 3. The maximum atomic E-state index is 11.1. The zero-order valence-electron chi connectivity index (χ0n) is 11.8. The normalized spacial score (nSPS) is 21.9. The Morgan fingerprint density at radius 2 is 1.67 bits per heavy atom. The largest absolute Gasteiger partial charge is 0.368 e. The van der Waals surface area contributed by atoms with Crippen molar-refractivity contribution in [1.29, 1.82) is 0 Å². The molecule has 0 aliphatic carbocycles. The predicted octanol–water partition coefficient (Wildman–Crippen LogP) is 1.63. The van der Waals surface area contributed by atoms with Gasteiger partial charge in [0.15, 0.2) is 0 Å². The van der Waals surface area contributed by atoms with Crippen molar-refractivity contribution in [2.24, 2.45) is 11.5 Å². The zero-order chi connectivity index (χ0) is 13.4. The van der Waals surface area contributed by atoms with Gasteiger partial charge in [0.2, 0.25) is 5.91 Å². The van der Waals surface area contributed by atoms with Crippen LogP contribution in [-0.2, 0) is 4.79 Å². The molecule has 1 aliphatic rings. The standard InChI is InChI=1S/C14H29N3O/c1-14(16,13(15)18)9-5-8-12-17-10-6-3-2-4-7-11-17/h2-12,16H2,1H3,(H2,15,18). The summed E-state index contributed by atoms with van der Waals surface area (Å²) < 4.78 is 0. The highest BCUT2D eigenvalue weighted by Gasteiger charge is 2.24. The lowest BCUT2D eigenvalue weighted by atomic mass is 9.95. The Bertz CT molecular complexity index is 245. The summed E-state index contributed by atoms with van der Waals surface area (Å²) in [4.78, 5) is 13.6. The number of rotatable bonds is 6. The maximum Gasteiger partial charge on any atom is 0.237 e. The molecule has 0 aromatic carbocycles. The van der Waals surface area contributed by atoms with Gasteiger partial charge in [0.05, 0.1) is 5.54 Å². The summed E-state index contributed by atoms with van der Waals surface area (Å²) in [5, 5.41) is 0. The van der Waals surface area contributed by atoms with Gasteiger partial charge >= 0.3 is 0 Å². The van der Waals surface area contributed by atoms with Crippen molar-refractivity contribution in [3.63, 3.8) is 0 Å². The summed E-state index contributed by atoms with van der Waals surface area (Å²) >= 11 is 0. The highest BCUT2D eigenvalue weighted by molar-refractivity contribution is 5.83. The second kappa shape index (κ2) is 7.74. The molecule has 1 heterocycles. The molecule has 1 rings (SSSR count). The van der Waals surface area contributed by atoms with Crippen LogP contribution in [0.5, 0.6) is 0 Å². The van der Waals surface area contributed by atoms with E-state index in [1.165, 1.54) is 45.2 Å². The number of unbranched alkanes of at least 4 members (excludes halogenated alkanes) is 1. The minimum absolute atomic E-state index is 0.395. The Morgan fingerprint density at radius 1 is 1.11 bits per heavy atom. The molecule has 1 unspecified atom stereocenters. The minimum atomic E-state index is -0.837. The lowest BCUT2D eigenvalue weighted by molar-refractivity contribution is -0.122. The summed E-state index contributed by atoms with van der Waals surface area (Å²) in [7, 11) is 0. The Labute approximate surface area is 111 Å². The van der Waals surface area contributed by atoms with Gasteiger partial charge in [0, 0.05) is 0 Å². The third kappa shape index (κ3) is 5.83. The summed E-state index contributed by atoms with van der Waals surface area (Å²) in [6, 6.07) is 0. The molecule has 1 atom stereocenters. The Kier molecular flexibility index (Phi) is 6.65. The van der Waals surface area contributed by atoms with Gasteiger partial charge in [-0.25, -0.2) is 0 Å². The number of nitrogens with zero attached hydrogens (tertiary/aromatic N) is 1. The summed E-state index contributed by atoms with van der Waals surface area (Å²) in [6.45, 7) is 5.33. The van der Waals surface area contributed by atoms with Crippen LogP contribution in [0.4, 0.5) is 0 Å². The van der Waals surface area contributed by atoms with Crippen LogP contribution in [0, 0.1) is 0 Å². The van der Waals surface area contributed by atoms with Crippen LogP contribution in [0.2, 0.25) is 0 Å². The number of nitrogens with two attached hydrogens (primary N) is 2. The van der Waals surface area contributed by atoms with Crippen molar-refractivity contribution in [1.82, 2.24) is 4.90 Å². The molecule has 1 saturated heterocycles. The van der Waals surface area contributed by atoms with Crippen molar-refractivity contribution in [2.45, 2.75) is 63.8 Å². The van der Waals surface area contributed by atoms with Gasteiger partial charge in [-0.3, -0.25) is 4.79 Å². The minimum Gasteiger partial charge on any atom is -0.368 e. The molecule has 0 radical (unpaired) electrons. The van der Waals surface area contributed by atoms with E-state index in [1.807, 2.05) is 0 Å². The molecule has 18 heavy (non-hydrogen) atoms. The number of carbonyl (C=O) groups is 1. The second-order valence-corrected chi connectivity index (χ2v) is 5.85. The van der Waals surface area contributed by atoms with E-state index in [0.717, 1.165) is 19.4 Å². The summed E-state index contributed by atoms with van der Waals surface area (Å²) in [5.41, 5.74) is 10.3. The summed E-state index contributed by atoms with van der Waals surface area (Å²) in [6.07, 6.45) is 9.59. The van der Waals surface area contributed by atoms with Crippen LogP contribution in [0.15, 0.2) is 0 Å². The molecule has 0 saturated carbocycles. The quantitative estimate of drug-likeness (QED) is 0.708. The van der Waals surface area contributed by atoms with Gasteiger partial charge in [0.25, 0.3) is 0 Å². The highest BCUT2D eigenvalue weighted by atomic mass is 16.1. The monoisotopic (exact) mass is 255 g/mol. The zero-order valence-corrected chi connectivity index (χ0v) is 11.8. The lowest BCUT2D eigenvalue weighted by Crippen LogP contribution is -2.49. The van der Waals surface area contributed by atoms with Crippen LogP contribution in [-0.4, -0.2) is 36.0 Å². The van der Waals surface area contributed by atoms with E-state index in [9.17, 15) is 4.79 Å². The molecule has 0 spiro atoms. The van der Waals surface area contributed by atoms with Crippen LogP contribution >= 0.6 is 0 Å². The first-order valence-electron chi connectivity index (χ1n) is 7.33. The van der Waals surface area contributed by atoms with Gasteiger partial charge in [0.1, 0.15) is 0 Å². The van der Waals surface area contributed by atoms with Gasteiger partial charge in [-0.15, -0.1) is 0 Å². The number of likely N-dealkylation sites (tertiary alicyclic amines) is 1. The molecule has 0 bridgehead atoms. The van der Waals surface area contributed by atoms with E-state index in [2.05, 4.69) is 4.90 Å². The van der Waals surface area contributed by atoms with Crippen LogP contribution in [0.25, 0.3) is 0 Å². The Balaban J connectivity index is 2.14. The fourth-order valence-corrected chi connectivity index (χ4v) is 2.49. The second-order valence-electron chi connectivity index (χ2n) is 5.85. The predicted molar refractivity (Wildman–Crippen MR) is 75.2 cm³/mol. The van der Waals surface area contributed by atoms with E-state index in [1.54, 1.807) is 6.92 Å². The molecule has 4 heteroatoms. The van der Waals surface area contributed by atoms with E-state index in [0.29, 0.717) is 6.42 Å². The topological polar surface area (TPSA) is 72.3 Å². The average molecular weight is 255 g/mol. The first-order valence-corrected chi connectivity index (χ1v) is 7.33. The van der Waals surface area contributed by atoms with Gasteiger partial charge in [-0.2, -0.15) is 0 Å². The van der Waals surface area contributed by atoms with E-state index in [4.69, 9.17) is 11.5 Å². The van der Waals surface area contributed by atoms with Crippen molar-refractivity contribution >= 4 is 5.91 Å². The number of hydrogen-bond donors (Lipinski definition) is 2. The van der Waals surface area contributed by atoms with Gasteiger partial charge < -0.3 is 16.4 Å². The number of carbonyl (C=O) groups excluding carboxylic acids is 1. The first kappa shape index (κ1) is 15.4. The van der Waals surface area contributed by atoms with Crippen molar-refractivity contribution < 1.29 is 4.79 Å². The molecule has 1 aliphatic heterocycles. The Morgan fingerprint density at radius 3 is 2.22 bits per heavy atom. The van der Waals surface area contributed by atoms with E-state index in [-0.39, 0.29) is 0 Å². The maximum absolute atomic E-state index is 11.1.